The number of amides is 2. The average molecular weight is 343 g/mol. The molecule has 2 amide bonds. The second kappa shape index (κ2) is 8.78. The maximum absolute atomic E-state index is 12.2. The van der Waals surface area contributed by atoms with Crippen molar-refractivity contribution in [3.8, 4) is 0 Å². The Labute approximate surface area is 149 Å². The molecule has 0 heterocycles. The van der Waals surface area contributed by atoms with Crippen LogP contribution in [0.25, 0.3) is 0 Å². The van der Waals surface area contributed by atoms with Gasteiger partial charge in [0, 0.05) is 10.6 Å². The van der Waals surface area contributed by atoms with Crippen molar-refractivity contribution in [3.63, 3.8) is 0 Å². The molecule has 0 spiro atoms. The predicted octanol–water partition coefficient (Wildman–Crippen LogP) is 5.80. The zero-order valence-corrected chi connectivity index (χ0v) is 15.6. The van der Waals surface area contributed by atoms with Gasteiger partial charge in [0.2, 0.25) is 0 Å². The van der Waals surface area contributed by atoms with Crippen molar-refractivity contribution >= 4 is 23.5 Å². The van der Waals surface area contributed by atoms with Gasteiger partial charge < -0.3 is 10.6 Å². The Hall–Kier alpha value is -1.94. The first kappa shape index (κ1) is 18.4. The third-order valence-electron chi connectivity index (χ3n) is 4.29. The van der Waals surface area contributed by atoms with Gasteiger partial charge in [0.1, 0.15) is 0 Å². The fraction of sp³-hybridized carbons (Fsp3) is 0.350. The van der Waals surface area contributed by atoms with Crippen LogP contribution in [0.4, 0.5) is 10.5 Å². The largest absolute Gasteiger partial charge is 0.331 e. The van der Waals surface area contributed by atoms with Crippen LogP contribution in [-0.4, -0.2) is 12.3 Å². The Balaban J connectivity index is 1.95. The second-order valence-electron chi connectivity index (χ2n) is 6.03. The van der Waals surface area contributed by atoms with Crippen LogP contribution in [-0.2, 0) is 0 Å². The van der Waals surface area contributed by atoms with E-state index in [-0.39, 0.29) is 12.1 Å². The molecule has 2 aromatic carbocycles. The SMILES string of the molecule is CC[C@H](C)c1ccc([C@@H](C)NC(=O)Nc2cccc(SC)c2)cc1. The topological polar surface area (TPSA) is 41.1 Å². The summed E-state index contributed by atoms with van der Waals surface area (Å²) in [6, 6.07) is 16.1. The van der Waals surface area contributed by atoms with Crippen molar-refractivity contribution in [3.05, 3.63) is 59.7 Å². The highest BCUT2D eigenvalue weighted by molar-refractivity contribution is 7.98. The maximum atomic E-state index is 12.2. The van der Waals surface area contributed by atoms with E-state index in [1.165, 1.54) is 5.56 Å². The van der Waals surface area contributed by atoms with Crippen molar-refractivity contribution < 1.29 is 4.79 Å². The highest BCUT2D eigenvalue weighted by Gasteiger charge is 2.11. The third-order valence-corrected chi connectivity index (χ3v) is 5.02. The zero-order valence-electron chi connectivity index (χ0n) is 14.8. The maximum Gasteiger partial charge on any atom is 0.319 e. The molecule has 0 aliphatic heterocycles. The minimum absolute atomic E-state index is 0.0419. The molecule has 0 saturated carbocycles. The molecule has 0 saturated heterocycles. The van der Waals surface area contributed by atoms with E-state index < -0.39 is 0 Å². The van der Waals surface area contributed by atoms with Gasteiger partial charge in [0.25, 0.3) is 0 Å². The number of thioether (sulfide) groups is 1. The van der Waals surface area contributed by atoms with Crippen LogP contribution < -0.4 is 10.6 Å². The lowest BCUT2D eigenvalue weighted by Gasteiger charge is -2.17. The molecule has 3 nitrogen and oxygen atoms in total. The van der Waals surface area contributed by atoms with Crippen LogP contribution in [0.3, 0.4) is 0 Å². The molecular weight excluding hydrogens is 316 g/mol. The lowest BCUT2D eigenvalue weighted by atomic mass is 9.96. The van der Waals surface area contributed by atoms with E-state index in [1.807, 2.05) is 37.4 Å². The summed E-state index contributed by atoms with van der Waals surface area (Å²) in [6.45, 7) is 6.42. The van der Waals surface area contributed by atoms with Crippen molar-refractivity contribution in [2.45, 2.75) is 44.0 Å². The van der Waals surface area contributed by atoms with Gasteiger partial charge in [-0.1, -0.05) is 44.2 Å². The Morgan fingerprint density at radius 1 is 1.08 bits per heavy atom. The molecule has 2 rings (SSSR count). The number of nitrogens with one attached hydrogen (secondary N) is 2. The molecule has 0 bridgehead atoms. The van der Waals surface area contributed by atoms with E-state index >= 15 is 0 Å². The summed E-state index contributed by atoms with van der Waals surface area (Å²) in [5.41, 5.74) is 3.25. The molecule has 2 atom stereocenters. The second-order valence-corrected chi connectivity index (χ2v) is 6.91. The number of rotatable bonds is 6. The van der Waals surface area contributed by atoms with Gasteiger partial charge in [-0.2, -0.15) is 0 Å². The van der Waals surface area contributed by atoms with E-state index in [0.717, 1.165) is 22.6 Å². The van der Waals surface area contributed by atoms with Gasteiger partial charge in [0.05, 0.1) is 6.04 Å². The van der Waals surface area contributed by atoms with Crippen LogP contribution in [0, 0.1) is 0 Å². The van der Waals surface area contributed by atoms with Crippen LogP contribution in [0.5, 0.6) is 0 Å². The number of benzene rings is 2. The van der Waals surface area contributed by atoms with E-state index in [4.69, 9.17) is 0 Å². The summed E-state index contributed by atoms with van der Waals surface area (Å²) in [6.07, 6.45) is 3.15. The Kier molecular flexibility index (Phi) is 6.73. The van der Waals surface area contributed by atoms with Crippen molar-refractivity contribution in [1.82, 2.24) is 5.32 Å². The summed E-state index contributed by atoms with van der Waals surface area (Å²) < 4.78 is 0. The van der Waals surface area contributed by atoms with Gasteiger partial charge >= 0.3 is 6.03 Å². The Morgan fingerprint density at radius 2 is 1.75 bits per heavy atom. The van der Waals surface area contributed by atoms with E-state index in [9.17, 15) is 4.79 Å². The minimum Gasteiger partial charge on any atom is -0.331 e. The fourth-order valence-corrected chi connectivity index (χ4v) is 2.96. The molecule has 2 aromatic rings. The molecule has 2 N–H and O–H groups in total. The van der Waals surface area contributed by atoms with Crippen molar-refractivity contribution in [1.29, 1.82) is 0 Å². The molecule has 24 heavy (non-hydrogen) atoms. The predicted molar refractivity (Wildman–Crippen MR) is 104 cm³/mol. The summed E-state index contributed by atoms with van der Waals surface area (Å²) in [7, 11) is 0. The fourth-order valence-electron chi connectivity index (χ4n) is 2.50. The lowest BCUT2D eigenvalue weighted by Crippen LogP contribution is -2.31. The van der Waals surface area contributed by atoms with Crippen LogP contribution >= 0.6 is 11.8 Å². The number of hydrogen-bond donors (Lipinski definition) is 2. The smallest absolute Gasteiger partial charge is 0.319 e. The van der Waals surface area contributed by atoms with Crippen molar-refractivity contribution in [2.24, 2.45) is 0 Å². The molecule has 0 aliphatic rings. The quantitative estimate of drug-likeness (QED) is 0.651. The summed E-state index contributed by atoms with van der Waals surface area (Å²) in [5.74, 6) is 0.564. The number of anilines is 1. The number of carbonyl (C=O) groups excluding carboxylic acids is 1. The first-order valence-electron chi connectivity index (χ1n) is 8.35. The molecule has 0 unspecified atom stereocenters. The van der Waals surface area contributed by atoms with Gasteiger partial charge in [0.15, 0.2) is 0 Å². The normalized spacial score (nSPS) is 13.2. The third kappa shape index (κ3) is 5.03. The number of carbonyl (C=O) groups is 1. The van der Waals surface area contributed by atoms with Gasteiger partial charge in [-0.15, -0.1) is 11.8 Å². The van der Waals surface area contributed by atoms with E-state index in [1.54, 1.807) is 11.8 Å². The van der Waals surface area contributed by atoms with E-state index in [2.05, 4.69) is 48.7 Å². The number of hydrogen-bond acceptors (Lipinski definition) is 2. The summed E-state index contributed by atoms with van der Waals surface area (Å²) in [4.78, 5) is 13.3. The monoisotopic (exact) mass is 342 g/mol. The first-order chi connectivity index (χ1) is 11.5. The molecule has 0 aliphatic carbocycles. The standard InChI is InChI=1S/C20H26N2OS/c1-5-14(2)16-9-11-17(12-10-16)15(3)21-20(23)22-18-7-6-8-19(13-18)24-4/h6-15H,5H2,1-4H3,(H2,21,22,23)/t14-,15+/m0/s1. The van der Waals surface area contributed by atoms with Gasteiger partial charge in [-0.05, 0) is 54.8 Å². The van der Waals surface area contributed by atoms with Crippen LogP contribution in [0.1, 0.15) is 50.3 Å². The molecule has 0 radical (unpaired) electrons. The highest BCUT2D eigenvalue weighted by Crippen LogP contribution is 2.22. The average Bonchev–Trinajstić information content (AvgIpc) is 2.61. The first-order valence-corrected chi connectivity index (χ1v) is 9.57. The molecule has 128 valence electrons. The molecule has 0 aromatic heterocycles. The molecular formula is C20H26N2OS. The molecule has 0 fully saturated rings. The minimum atomic E-state index is -0.188. The Bertz CT molecular complexity index is 670. The highest BCUT2D eigenvalue weighted by atomic mass is 32.2. The van der Waals surface area contributed by atoms with Gasteiger partial charge in [-0.25, -0.2) is 4.79 Å². The Morgan fingerprint density at radius 3 is 2.38 bits per heavy atom. The summed E-state index contributed by atoms with van der Waals surface area (Å²) in [5, 5.41) is 5.88. The van der Waals surface area contributed by atoms with Crippen LogP contribution in [0.2, 0.25) is 0 Å². The zero-order chi connectivity index (χ0) is 17.5. The number of urea groups is 1. The van der Waals surface area contributed by atoms with Gasteiger partial charge in [-0.3, -0.25) is 0 Å². The molecule has 4 heteroatoms. The van der Waals surface area contributed by atoms with Crippen molar-refractivity contribution in [2.75, 3.05) is 11.6 Å². The van der Waals surface area contributed by atoms with E-state index in [0.29, 0.717) is 5.92 Å². The van der Waals surface area contributed by atoms with Crippen LogP contribution in [0.15, 0.2) is 53.4 Å². The summed E-state index contributed by atoms with van der Waals surface area (Å²) >= 11 is 1.65. The lowest BCUT2D eigenvalue weighted by molar-refractivity contribution is 0.249.